The van der Waals surface area contributed by atoms with Crippen LogP contribution in [-0.2, 0) is 6.42 Å². The maximum Gasteiger partial charge on any atom is 0.0589 e. The largest absolute Gasteiger partial charge is 0.395 e. The van der Waals surface area contributed by atoms with Gasteiger partial charge in [-0.05, 0) is 49.6 Å². The maximum absolute atomic E-state index is 9.41. The molecule has 0 aromatic heterocycles. The zero-order chi connectivity index (χ0) is 13.7. The van der Waals surface area contributed by atoms with Crippen LogP contribution in [0.2, 0.25) is 0 Å². The van der Waals surface area contributed by atoms with E-state index in [4.69, 9.17) is 0 Å². The second kappa shape index (κ2) is 7.27. The number of nitrogens with zero attached hydrogens (tertiary/aromatic N) is 1. The van der Waals surface area contributed by atoms with Gasteiger partial charge in [0.25, 0.3) is 0 Å². The van der Waals surface area contributed by atoms with Crippen molar-refractivity contribution in [1.29, 1.82) is 0 Å². The SMILES string of the molecule is Cc1ccc(Br)cc1CCN(C)C(CO)C(C)C. The van der Waals surface area contributed by atoms with Gasteiger partial charge in [-0.3, -0.25) is 0 Å². The van der Waals surface area contributed by atoms with Crippen LogP contribution in [0.25, 0.3) is 0 Å². The number of rotatable bonds is 6. The van der Waals surface area contributed by atoms with E-state index < -0.39 is 0 Å². The number of aryl methyl sites for hydroxylation is 1. The Kier molecular flexibility index (Phi) is 6.33. The van der Waals surface area contributed by atoms with E-state index in [-0.39, 0.29) is 12.6 Å². The van der Waals surface area contributed by atoms with Crippen LogP contribution in [0.1, 0.15) is 25.0 Å². The molecule has 0 aliphatic carbocycles. The first-order chi connectivity index (χ1) is 8.45. The van der Waals surface area contributed by atoms with Crippen molar-refractivity contribution < 1.29 is 5.11 Å². The molecule has 1 aromatic carbocycles. The van der Waals surface area contributed by atoms with Crippen molar-refractivity contribution in [2.24, 2.45) is 5.92 Å². The second-order valence-electron chi connectivity index (χ2n) is 5.30. The molecule has 1 atom stereocenters. The number of likely N-dealkylation sites (N-methyl/N-ethyl adjacent to an activating group) is 1. The number of hydrogen-bond acceptors (Lipinski definition) is 2. The van der Waals surface area contributed by atoms with Crippen LogP contribution < -0.4 is 0 Å². The van der Waals surface area contributed by atoms with Gasteiger partial charge in [0.1, 0.15) is 0 Å². The Labute approximate surface area is 119 Å². The van der Waals surface area contributed by atoms with Crippen molar-refractivity contribution in [3.05, 3.63) is 33.8 Å². The average Bonchev–Trinajstić information content (AvgIpc) is 2.30. The van der Waals surface area contributed by atoms with Gasteiger partial charge in [-0.25, -0.2) is 0 Å². The Balaban J connectivity index is 2.61. The molecule has 0 heterocycles. The van der Waals surface area contributed by atoms with Crippen LogP contribution in [-0.4, -0.2) is 36.2 Å². The van der Waals surface area contributed by atoms with Crippen molar-refractivity contribution in [2.75, 3.05) is 20.2 Å². The summed E-state index contributed by atoms with van der Waals surface area (Å²) in [4.78, 5) is 2.25. The van der Waals surface area contributed by atoms with Crippen molar-refractivity contribution in [3.8, 4) is 0 Å². The van der Waals surface area contributed by atoms with Crippen LogP contribution in [0, 0.1) is 12.8 Å². The molecule has 0 spiro atoms. The summed E-state index contributed by atoms with van der Waals surface area (Å²) in [6.45, 7) is 7.66. The summed E-state index contributed by atoms with van der Waals surface area (Å²) in [5.41, 5.74) is 2.70. The van der Waals surface area contributed by atoms with E-state index in [2.05, 4.69) is 66.8 Å². The van der Waals surface area contributed by atoms with Crippen LogP contribution in [0.15, 0.2) is 22.7 Å². The molecular weight excluding hydrogens is 290 g/mol. The molecule has 0 aliphatic heterocycles. The fourth-order valence-electron chi connectivity index (χ4n) is 2.23. The van der Waals surface area contributed by atoms with Crippen LogP contribution in [0.4, 0.5) is 0 Å². The van der Waals surface area contributed by atoms with Crippen molar-refractivity contribution >= 4 is 15.9 Å². The summed E-state index contributed by atoms with van der Waals surface area (Å²) in [7, 11) is 2.09. The van der Waals surface area contributed by atoms with Gasteiger partial charge in [0.2, 0.25) is 0 Å². The van der Waals surface area contributed by atoms with Gasteiger partial charge in [-0.2, -0.15) is 0 Å². The molecule has 0 fully saturated rings. The molecule has 1 unspecified atom stereocenters. The van der Waals surface area contributed by atoms with E-state index >= 15 is 0 Å². The minimum Gasteiger partial charge on any atom is -0.395 e. The minimum absolute atomic E-state index is 0.228. The minimum atomic E-state index is 0.228. The Hall–Kier alpha value is -0.380. The van der Waals surface area contributed by atoms with Gasteiger partial charge in [0, 0.05) is 17.1 Å². The number of hydrogen-bond donors (Lipinski definition) is 1. The van der Waals surface area contributed by atoms with E-state index in [0.29, 0.717) is 5.92 Å². The topological polar surface area (TPSA) is 23.5 Å². The summed E-state index contributed by atoms with van der Waals surface area (Å²) in [6.07, 6.45) is 1.02. The predicted molar refractivity (Wildman–Crippen MR) is 80.9 cm³/mol. The van der Waals surface area contributed by atoms with Crippen molar-refractivity contribution in [2.45, 2.75) is 33.2 Å². The molecule has 0 saturated heterocycles. The molecule has 18 heavy (non-hydrogen) atoms. The lowest BCUT2D eigenvalue weighted by Crippen LogP contribution is -2.40. The molecule has 0 aliphatic rings. The van der Waals surface area contributed by atoms with E-state index in [0.717, 1.165) is 17.4 Å². The quantitative estimate of drug-likeness (QED) is 0.871. The third kappa shape index (κ3) is 4.38. The van der Waals surface area contributed by atoms with Crippen molar-refractivity contribution in [1.82, 2.24) is 4.90 Å². The molecule has 0 radical (unpaired) electrons. The molecule has 1 N–H and O–H groups in total. The number of benzene rings is 1. The van der Waals surface area contributed by atoms with Gasteiger partial charge in [0.05, 0.1) is 6.61 Å². The predicted octanol–water partition coefficient (Wildman–Crippen LogP) is 3.25. The highest BCUT2D eigenvalue weighted by molar-refractivity contribution is 9.10. The fourth-order valence-corrected chi connectivity index (χ4v) is 2.64. The molecule has 1 aromatic rings. The molecule has 0 saturated carbocycles. The average molecular weight is 314 g/mol. The van der Waals surface area contributed by atoms with Gasteiger partial charge < -0.3 is 10.0 Å². The molecule has 2 nitrogen and oxygen atoms in total. The van der Waals surface area contributed by atoms with E-state index in [9.17, 15) is 5.11 Å². The van der Waals surface area contributed by atoms with Gasteiger partial charge in [-0.15, -0.1) is 0 Å². The summed E-state index contributed by atoms with van der Waals surface area (Å²) in [6, 6.07) is 6.66. The van der Waals surface area contributed by atoms with E-state index in [1.807, 2.05) is 0 Å². The van der Waals surface area contributed by atoms with Gasteiger partial charge >= 0.3 is 0 Å². The first-order valence-electron chi connectivity index (χ1n) is 6.51. The zero-order valence-electron chi connectivity index (χ0n) is 11.8. The fraction of sp³-hybridized carbons (Fsp3) is 0.600. The summed E-state index contributed by atoms with van der Waals surface area (Å²) in [5, 5.41) is 9.41. The van der Waals surface area contributed by atoms with Crippen LogP contribution in [0.3, 0.4) is 0 Å². The monoisotopic (exact) mass is 313 g/mol. The third-order valence-corrected chi connectivity index (χ3v) is 4.06. The molecule has 0 amide bonds. The van der Waals surface area contributed by atoms with Crippen molar-refractivity contribution in [3.63, 3.8) is 0 Å². The first kappa shape index (κ1) is 15.7. The Morgan fingerprint density at radius 3 is 2.56 bits per heavy atom. The highest BCUT2D eigenvalue weighted by Gasteiger charge is 2.17. The van der Waals surface area contributed by atoms with Crippen LogP contribution >= 0.6 is 15.9 Å². The lowest BCUT2D eigenvalue weighted by Gasteiger charge is -2.29. The van der Waals surface area contributed by atoms with Gasteiger partial charge in [-0.1, -0.05) is 35.8 Å². The summed E-state index contributed by atoms with van der Waals surface area (Å²) in [5.74, 6) is 0.476. The Morgan fingerprint density at radius 1 is 1.33 bits per heavy atom. The third-order valence-electron chi connectivity index (χ3n) is 3.57. The lowest BCUT2D eigenvalue weighted by atomic mass is 10.0. The summed E-state index contributed by atoms with van der Waals surface area (Å²) >= 11 is 3.52. The molecule has 102 valence electrons. The Morgan fingerprint density at radius 2 is 2.00 bits per heavy atom. The van der Waals surface area contributed by atoms with Crippen LogP contribution in [0.5, 0.6) is 0 Å². The highest BCUT2D eigenvalue weighted by atomic mass is 79.9. The normalized spacial score (nSPS) is 13.3. The molecule has 3 heteroatoms. The van der Waals surface area contributed by atoms with E-state index in [1.165, 1.54) is 11.1 Å². The second-order valence-corrected chi connectivity index (χ2v) is 6.21. The molecular formula is C15H24BrNO. The zero-order valence-corrected chi connectivity index (χ0v) is 13.4. The summed E-state index contributed by atoms with van der Waals surface area (Å²) < 4.78 is 1.13. The standard InChI is InChI=1S/C15H24BrNO/c1-11(2)15(10-18)17(4)8-7-13-9-14(16)6-5-12(13)3/h5-6,9,11,15,18H,7-8,10H2,1-4H3. The maximum atomic E-state index is 9.41. The number of aliphatic hydroxyl groups excluding tert-OH is 1. The van der Waals surface area contributed by atoms with Gasteiger partial charge in [0.15, 0.2) is 0 Å². The smallest absolute Gasteiger partial charge is 0.0589 e. The van der Waals surface area contributed by atoms with E-state index in [1.54, 1.807) is 0 Å². The highest BCUT2D eigenvalue weighted by Crippen LogP contribution is 2.17. The number of halogens is 1. The first-order valence-corrected chi connectivity index (χ1v) is 7.31. The Bertz CT molecular complexity index is 379. The lowest BCUT2D eigenvalue weighted by molar-refractivity contribution is 0.114. The molecule has 0 bridgehead atoms. The molecule has 1 rings (SSSR count). The number of aliphatic hydroxyl groups is 1.